The van der Waals surface area contributed by atoms with Crippen LogP contribution in [0.5, 0.6) is 0 Å². The van der Waals surface area contributed by atoms with Crippen molar-refractivity contribution in [2.45, 2.75) is 26.3 Å². The van der Waals surface area contributed by atoms with Crippen LogP contribution in [0.3, 0.4) is 0 Å². The fraction of sp³-hybridized carbons (Fsp3) is 0.217. The predicted octanol–water partition coefficient (Wildman–Crippen LogP) is 4.60. The lowest BCUT2D eigenvalue weighted by Gasteiger charge is -2.19. The fourth-order valence-electron chi connectivity index (χ4n) is 3.74. The minimum atomic E-state index is -0.252. The Kier molecular flexibility index (Phi) is 4.98. The third kappa shape index (κ3) is 3.69. The van der Waals surface area contributed by atoms with E-state index in [4.69, 9.17) is 0 Å². The molecule has 3 amide bonds. The quantitative estimate of drug-likeness (QED) is 0.702. The molecule has 0 spiro atoms. The summed E-state index contributed by atoms with van der Waals surface area (Å²) < 4.78 is 0. The van der Waals surface area contributed by atoms with Crippen molar-refractivity contribution in [2.24, 2.45) is 0 Å². The number of carbonyl (C=O) groups excluding carboxylic acids is 2. The standard InChI is InChI=1S/C23H23N3O2/c1-16-14-19(11-12-21(16)26-13-5-10-22(26)27)25-23(28)24-15-18-8-4-7-17-6-2-3-9-20(17)18/h2-4,6-9,11-12,14H,5,10,13,15H2,1H3,(H2,24,25,28). The minimum Gasteiger partial charge on any atom is -0.334 e. The number of hydrogen-bond acceptors (Lipinski definition) is 2. The molecule has 5 nitrogen and oxygen atoms in total. The summed E-state index contributed by atoms with van der Waals surface area (Å²) in [5, 5.41) is 8.09. The van der Waals surface area contributed by atoms with E-state index in [1.165, 1.54) is 0 Å². The van der Waals surface area contributed by atoms with Gasteiger partial charge in [0.1, 0.15) is 0 Å². The van der Waals surface area contributed by atoms with Crippen LogP contribution in [0.25, 0.3) is 10.8 Å². The maximum atomic E-state index is 12.3. The summed E-state index contributed by atoms with van der Waals surface area (Å²) in [5.74, 6) is 0.164. The Morgan fingerprint density at radius 1 is 1.07 bits per heavy atom. The van der Waals surface area contributed by atoms with Crippen molar-refractivity contribution >= 4 is 34.1 Å². The van der Waals surface area contributed by atoms with Gasteiger partial charge in [0, 0.05) is 30.9 Å². The molecule has 2 N–H and O–H groups in total. The lowest BCUT2D eigenvalue weighted by Crippen LogP contribution is -2.28. The second-order valence-corrected chi connectivity index (χ2v) is 7.10. The van der Waals surface area contributed by atoms with Gasteiger partial charge in [-0.05, 0) is 53.4 Å². The summed E-state index contributed by atoms with van der Waals surface area (Å²) in [4.78, 5) is 26.1. The predicted molar refractivity (Wildman–Crippen MR) is 113 cm³/mol. The van der Waals surface area contributed by atoms with E-state index >= 15 is 0 Å². The Balaban J connectivity index is 1.41. The molecule has 0 aliphatic carbocycles. The maximum Gasteiger partial charge on any atom is 0.319 e. The summed E-state index contributed by atoms with van der Waals surface area (Å²) in [6, 6.07) is 19.6. The Labute approximate surface area is 164 Å². The average molecular weight is 373 g/mol. The van der Waals surface area contributed by atoms with Crippen LogP contribution >= 0.6 is 0 Å². The van der Waals surface area contributed by atoms with Crippen molar-refractivity contribution in [3.05, 3.63) is 71.8 Å². The molecule has 4 rings (SSSR count). The normalized spacial score (nSPS) is 13.8. The molecule has 3 aromatic rings. The number of hydrogen-bond donors (Lipinski definition) is 2. The van der Waals surface area contributed by atoms with Gasteiger partial charge in [-0.25, -0.2) is 4.79 Å². The van der Waals surface area contributed by atoms with Gasteiger partial charge >= 0.3 is 6.03 Å². The first-order chi connectivity index (χ1) is 13.6. The second-order valence-electron chi connectivity index (χ2n) is 7.10. The molecule has 1 fully saturated rings. The van der Waals surface area contributed by atoms with Crippen LogP contribution in [0.2, 0.25) is 0 Å². The fourth-order valence-corrected chi connectivity index (χ4v) is 3.74. The summed E-state index contributed by atoms with van der Waals surface area (Å²) in [6.07, 6.45) is 1.50. The van der Waals surface area contributed by atoms with E-state index in [0.717, 1.165) is 40.6 Å². The van der Waals surface area contributed by atoms with Crippen molar-refractivity contribution in [1.82, 2.24) is 5.32 Å². The molecule has 0 aromatic heterocycles. The molecule has 0 unspecified atom stereocenters. The monoisotopic (exact) mass is 373 g/mol. The topological polar surface area (TPSA) is 61.4 Å². The molecule has 1 aliphatic heterocycles. The van der Waals surface area contributed by atoms with E-state index in [-0.39, 0.29) is 11.9 Å². The number of amides is 3. The molecule has 1 saturated heterocycles. The second kappa shape index (κ2) is 7.72. The molecule has 5 heteroatoms. The summed E-state index contributed by atoms with van der Waals surface area (Å²) in [7, 11) is 0. The third-order valence-corrected chi connectivity index (χ3v) is 5.14. The van der Waals surface area contributed by atoms with Crippen LogP contribution < -0.4 is 15.5 Å². The van der Waals surface area contributed by atoms with Crippen LogP contribution in [0.4, 0.5) is 16.2 Å². The van der Waals surface area contributed by atoms with Crippen LogP contribution in [0.15, 0.2) is 60.7 Å². The van der Waals surface area contributed by atoms with Crippen LogP contribution in [0, 0.1) is 6.92 Å². The van der Waals surface area contributed by atoms with Crippen LogP contribution in [-0.2, 0) is 11.3 Å². The first kappa shape index (κ1) is 18.0. The lowest BCUT2D eigenvalue weighted by atomic mass is 10.0. The summed E-state index contributed by atoms with van der Waals surface area (Å²) >= 11 is 0. The van der Waals surface area contributed by atoms with Gasteiger partial charge in [-0.2, -0.15) is 0 Å². The summed E-state index contributed by atoms with van der Waals surface area (Å²) in [6.45, 7) is 3.17. The number of aryl methyl sites for hydroxylation is 1. The minimum absolute atomic E-state index is 0.164. The molecular weight excluding hydrogens is 350 g/mol. The van der Waals surface area contributed by atoms with E-state index in [0.29, 0.717) is 18.7 Å². The van der Waals surface area contributed by atoms with Crippen LogP contribution in [-0.4, -0.2) is 18.5 Å². The number of nitrogens with one attached hydrogen (secondary N) is 2. The third-order valence-electron chi connectivity index (χ3n) is 5.14. The van der Waals surface area contributed by atoms with Crippen molar-refractivity contribution < 1.29 is 9.59 Å². The van der Waals surface area contributed by atoms with E-state index < -0.39 is 0 Å². The largest absolute Gasteiger partial charge is 0.334 e. The number of urea groups is 1. The van der Waals surface area contributed by atoms with Crippen molar-refractivity contribution in [2.75, 3.05) is 16.8 Å². The van der Waals surface area contributed by atoms with Crippen molar-refractivity contribution in [3.8, 4) is 0 Å². The van der Waals surface area contributed by atoms with Gasteiger partial charge in [-0.15, -0.1) is 0 Å². The van der Waals surface area contributed by atoms with Crippen LogP contribution in [0.1, 0.15) is 24.0 Å². The molecule has 142 valence electrons. The lowest BCUT2D eigenvalue weighted by molar-refractivity contribution is -0.117. The zero-order valence-corrected chi connectivity index (χ0v) is 15.9. The maximum absolute atomic E-state index is 12.3. The zero-order chi connectivity index (χ0) is 19.5. The van der Waals surface area contributed by atoms with Gasteiger partial charge in [0.15, 0.2) is 0 Å². The number of fused-ring (bicyclic) bond motifs is 1. The van der Waals surface area contributed by atoms with Crippen molar-refractivity contribution in [3.63, 3.8) is 0 Å². The number of carbonyl (C=O) groups is 2. The van der Waals surface area contributed by atoms with Gasteiger partial charge < -0.3 is 15.5 Å². The van der Waals surface area contributed by atoms with Gasteiger partial charge in [0.2, 0.25) is 5.91 Å². The SMILES string of the molecule is Cc1cc(NC(=O)NCc2cccc3ccccc23)ccc1N1CCCC1=O. The first-order valence-corrected chi connectivity index (χ1v) is 9.54. The molecular formula is C23H23N3O2. The molecule has 3 aromatic carbocycles. The Hall–Kier alpha value is -3.34. The molecule has 0 atom stereocenters. The molecule has 1 aliphatic rings. The zero-order valence-electron chi connectivity index (χ0n) is 15.9. The average Bonchev–Trinajstić information content (AvgIpc) is 3.12. The highest BCUT2D eigenvalue weighted by Crippen LogP contribution is 2.27. The molecule has 0 bridgehead atoms. The van der Waals surface area contributed by atoms with Gasteiger partial charge in [-0.1, -0.05) is 42.5 Å². The van der Waals surface area contributed by atoms with Gasteiger partial charge in [0.05, 0.1) is 0 Å². The highest BCUT2D eigenvalue weighted by Gasteiger charge is 2.23. The van der Waals surface area contributed by atoms with E-state index in [1.54, 1.807) is 0 Å². The molecule has 0 radical (unpaired) electrons. The smallest absolute Gasteiger partial charge is 0.319 e. The number of anilines is 2. The number of rotatable bonds is 4. The number of nitrogens with zero attached hydrogens (tertiary/aromatic N) is 1. The Morgan fingerprint density at radius 2 is 1.89 bits per heavy atom. The highest BCUT2D eigenvalue weighted by atomic mass is 16.2. The van der Waals surface area contributed by atoms with E-state index in [9.17, 15) is 9.59 Å². The first-order valence-electron chi connectivity index (χ1n) is 9.54. The van der Waals surface area contributed by atoms with E-state index in [1.807, 2.05) is 54.3 Å². The Morgan fingerprint density at radius 3 is 2.68 bits per heavy atom. The van der Waals surface area contributed by atoms with Crippen molar-refractivity contribution in [1.29, 1.82) is 0 Å². The molecule has 0 saturated carbocycles. The summed E-state index contributed by atoms with van der Waals surface area (Å²) in [5.41, 5.74) is 3.68. The number of benzene rings is 3. The van der Waals surface area contributed by atoms with Gasteiger partial charge in [0.25, 0.3) is 0 Å². The van der Waals surface area contributed by atoms with Gasteiger partial charge in [-0.3, -0.25) is 4.79 Å². The molecule has 28 heavy (non-hydrogen) atoms. The molecule has 1 heterocycles. The Bertz CT molecular complexity index is 1040. The van der Waals surface area contributed by atoms with E-state index in [2.05, 4.69) is 28.8 Å². The highest BCUT2D eigenvalue weighted by molar-refractivity contribution is 5.97.